The summed E-state index contributed by atoms with van der Waals surface area (Å²) in [6.45, 7) is 5.78. The van der Waals surface area contributed by atoms with Gasteiger partial charge in [0.15, 0.2) is 0 Å². The Labute approximate surface area is 102 Å². The fraction of sp³-hybridized carbons (Fsp3) is 1.00. The first-order valence-corrected chi connectivity index (χ1v) is 6.40. The standard InChI is InChI=1S/C12H23F3N2/c1-10(2)8-16-6-3-7-17(11-4-5-11)9-12(13,14)15/h10-11,16H,3-9H2,1-2H3. The van der Waals surface area contributed by atoms with Crippen LogP contribution < -0.4 is 5.32 Å². The van der Waals surface area contributed by atoms with Gasteiger partial charge in [0.25, 0.3) is 0 Å². The van der Waals surface area contributed by atoms with E-state index in [1.807, 2.05) is 0 Å². The molecule has 0 radical (unpaired) electrons. The molecule has 17 heavy (non-hydrogen) atoms. The molecular weight excluding hydrogens is 229 g/mol. The molecular formula is C12H23F3N2. The minimum absolute atomic E-state index is 0.182. The number of alkyl halides is 3. The topological polar surface area (TPSA) is 15.3 Å². The van der Waals surface area contributed by atoms with Gasteiger partial charge in [-0.15, -0.1) is 0 Å². The van der Waals surface area contributed by atoms with E-state index in [0.29, 0.717) is 12.5 Å². The molecule has 1 N–H and O–H groups in total. The van der Waals surface area contributed by atoms with Crippen molar-refractivity contribution in [1.82, 2.24) is 10.2 Å². The Hall–Kier alpha value is -0.290. The maximum absolute atomic E-state index is 12.3. The van der Waals surface area contributed by atoms with Crippen LogP contribution in [0.25, 0.3) is 0 Å². The van der Waals surface area contributed by atoms with E-state index in [-0.39, 0.29) is 6.04 Å². The van der Waals surface area contributed by atoms with Crippen molar-refractivity contribution in [3.8, 4) is 0 Å². The Morgan fingerprint density at radius 1 is 1.29 bits per heavy atom. The summed E-state index contributed by atoms with van der Waals surface area (Å²) >= 11 is 0. The highest BCUT2D eigenvalue weighted by atomic mass is 19.4. The molecule has 5 heteroatoms. The molecule has 0 aromatic heterocycles. The molecule has 0 amide bonds. The molecule has 0 aliphatic heterocycles. The van der Waals surface area contributed by atoms with Crippen molar-refractivity contribution in [2.45, 2.75) is 45.3 Å². The number of nitrogens with one attached hydrogen (secondary N) is 1. The second-order valence-electron chi connectivity index (χ2n) is 5.27. The van der Waals surface area contributed by atoms with Crippen LogP contribution in [0.5, 0.6) is 0 Å². The molecule has 0 saturated heterocycles. The second-order valence-corrected chi connectivity index (χ2v) is 5.27. The van der Waals surface area contributed by atoms with E-state index in [1.54, 1.807) is 4.90 Å². The van der Waals surface area contributed by atoms with Crippen molar-refractivity contribution in [3.63, 3.8) is 0 Å². The Kier molecular flexibility index (Phi) is 5.73. The third-order valence-corrected chi connectivity index (χ3v) is 2.80. The van der Waals surface area contributed by atoms with Crippen molar-refractivity contribution in [1.29, 1.82) is 0 Å². The largest absolute Gasteiger partial charge is 0.401 e. The van der Waals surface area contributed by atoms with E-state index in [0.717, 1.165) is 32.4 Å². The van der Waals surface area contributed by atoms with E-state index in [9.17, 15) is 13.2 Å². The zero-order chi connectivity index (χ0) is 12.9. The first kappa shape index (κ1) is 14.8. The van der Waals surface area contributed by atoms with Gasteiger partial charge in [0.05, 0.1) is 6.54 Å². The van der Waals surface area contributed by atoms with Crippen molar-refractivity contribution >= 4 is 0 Å². The molecule has 0 bridgehead atoms. The normalized spacial score (nSPS) is 17.1. The summed E-state index contributed by atoms with van der Waals surface area (Å²) in [5, 5.41) is 3.25. The summed E-state index contributed by atoms with van der Waals surface area (Å²) in [7, 11) is 0. The molecule has 0 unspecified atom stereocenters. The highest BCUT2D eigenvalue weighted by molar-refractivity contribution is 4.85. The number of rotatable bonds is 8. The van der Waals surface area contributed by atoms with Crippen LogP contribution in [-0.2, 0) is 0 Å². The van der Waals surface area contributed by atoms with Gasteiger partial charge in [0.1, 0.15) is 0 Å². The zero-order valence-electron chi connectivity index (χ0n) is 10.7. The summed E-state index contributed by atoms with van der Waals surface area (Å²) in [5.41, 5.74) is 0. The maximum Gasteiger partial charge on any atom is 0.401 e. The lowest BCUT2D eigenvalue weighted by Gasteiger charge is -2.23. The van der Waals surface area contributed by atoms with Crippen molar-refractivity contribution in [3.05, 3.63) is 0 Å². The minimum Gasteiger partial charge on any atom is -0.316 e. The summed E-state index contributed by atoms with van der Waals surface area (Å²) in [4.78, 5) is 1.58. The van der Waals surface area contributed by atoms with Crippen LogP contribution in [-0.4, -0.2) is 43.3 Å². The molecule has 2 nitrogen and oxygen atoms in total. The van der Waals surface area contributed by atoms with Crippen LogP contribution in [0.2, 0.25) is 0 Å². The first-order valence-electron chi connectivity index (χ1n) is 6.40. The van der Waals surface area contributed by atoms with Gasteiger partial charge < -0.3 is 5.32 Å². The molecule has 0 aromatic carbocycles. The Balaban J connectivity index is 2.12. The molecule has 1 saturated carbocycles. The fourth-order valence-electron chi connectivity index (χ4n) is 1.86. The number of nitrogens with zero attached hydrogens (tertiary/aromatic N) is 1. The molecule has 0 heterocycles. The van der Waals surface area contributed by atoms with E-state index < -0.39 is 12.7 Å². The Morgan fingerprint density at radius 2 is 1.94 bits per heavy atom. The van der Waals surface area contributed by atoms with E-state index >= 15 is 0 Å². The second kappa shape index (κ2) is 6.59. The lowest BCUT2D eigenvalue weighted by Crippen LogP contribution is -2.37. The van der Waals surface area contributed by atoms with Crippen molar-refractivity contribution in [2.75, 3.05) is 26.2 Å². The highest BCUT2D eigenvalue weighted by Crippen LogP contribution is 2.29. The quantitative estimate of drug-likeness (QED) is 0.668. The summed E-state index contributed by atoms with van der Waals surface area (Å²) in [5.74, 6) is 0.588. The Bertz CT molecular complexity index is 212. The molecule has 1 rings (SSSR count). The van der Waals surface area contributed by atoms with Crippen LogP contribution in [0.3, 0.4) is 0 Å². The smallest absolute Gasteiger partial charge is 0.316 e. The van der Waals surface area contributed by atoms with Crippen LogP contribution in [0, 0.1) is 5.92 Å². The SMILES string of the molecule is CC(C)CNCCCN(CC(F)(F)F)C1CC1. The highest BCUT2D eigenvalue weighted by Gasteiger charge is 2.37. The van der Waals surface area contributed by atoms with Gasteiger partial charge >= 0.3 is 6.18 Å². The monoisotopic (exact) mass is 252 g/mol. The summed E-state index contributed by atoms with van der Waals surface area (Å²) in [6.07, 6.45) is -1.42. The average molecular weight is 252 g/mol. The minimum atomic E-state index is -4.06. The van der Waals surface area contributed by atoms with E-state index in [2.05, 4.69) is 19.2 Å². The van der Waals surface area contributed by atoms with Gasteiger partial charge in [0.2, 0.25) is 0 Å². The zero-order valence-corrected chi connectivity index (χ0v) is 10.7. The summed E-state index contributed by atoms with van der Waals surface area (Å²) in [6, 6.07) is 0.182. The lowest BCUT2D eigenvalue weighted by molar-refractivity contribution is -0.147. The molecule has 102 valence electrons. The molecule has 1 aliphatic carbocycles. The van der Waals surface area contributed by atoms with E-state index in [1.165, 1.54) is 0 Å². The lowest BCUT2D eigenvalue weighted by atomic mass is 10.2. The van der Waals surface area contributed by atoms with Crippen LogP contribution in [0.1, 0.15) is 33.1 Å². The average Bonchev–Trinajstić information content (AvgIpc) is 2.96. The van der Waals surface area contributed by atoms with Gasteiger partial charge in [0, 0.05) is 6.04 Å². The van der Waals surface area contributed by atoms with Gasteiger partial charge in [-0.1, -0.05) is 13.8 Å². The fourth-order valence-corrected chi connectivity index (χ4v) is 1.86. The van der Waals surface area contributed by atoms with Gasteiger partial charge in [-0.3, -0.25) is 4.90 Å². The van der Waals surface area contributed by atoms with Crippen molar-refractivity contribution in [2.24, 2.45) is 5.92 Å². The third kappa shape index (κ3) is 7.60. The molecule has 0 aromatic rings. The predicted molar refractivity (Wildman–Crippen MR) is 63.0 cm³/mol. The number of halogens is 3. The maximum atomic E-state index is 12.3. The molecule has 0 atom stereocenters. The molecule has 1 fully saturated rings. The molecule has 0 spiro atoms. The first-order chi connectivity index (χ1) is 7.88. The van der Waals surface area contributed by atoms with E-state index in [4.69, 9.17) is 0 Å². The number of hydrogen-bond donors (Lipinski definition) is 1. The molecule has 1 aliphatic rings. The van der Waals surface area contributed by atoms with Gasteiger partial charge in [-0.05, 0) is 44.8 Å². The van der Waals surface area contributed by atoms with Crippen LogP contribution >= 0.6 is 0 Å². The summed E-state index contributed by atoms with van der Waals surface area (Å²) < 4.78 is 37.0. The van der Waals surface area contributed by atoms with Crippen molar-refractivity contribution < 1.29 is 13.2 Å². The van der Waals surface area contributed by atoms with Crippen LogP contribution in [0.15, 0.2) is 0 Å². The third-order valence-electron chi connectivity index (χ3n) is 2.80. The Morgan fingerprint density at radius 3 is 2.41 bits per heavy atom. The van der Waals surface area contributed by atoms with Crippen LogP contribution in [0.4, 0.5) is 13.2 Å². The van der Waals surface area contributed by atoms with Gasteiger partial charge in [-0.2, -0.15) is 13.2 Å². The predicted octanol–water partition coefficient (Wildman–Crippen LogP) is 2.65. The number of hydrogen-bond acceptors (Lipinski definition) is 2. The van der Waals surface area contributed by atoms with Gasteiger partial charge in [-0.25, -0.2) is 0 Å².